The molecule has 0 saturated carbocycles. The number of amides is 1. The van der Waals surface area contributed by atoms with E-state index in [1.807, 2.05) is 0 Å². The fourth-order valence-corrected chi connectivity index (χ4v) is 6.55. The summed E-state index contributed by atoms with van der Waals surface area (Å²) in [5.41, 5.74) is 6.21. The van der Waals surface area contributed by atoms with Crippen LogP contribution in [0.1, 0.15) is 48.1 Å². The summed E-state index contributed by atoms with van der Waals surface area (Å²) in [6.45, 7) is 4.30. The minimum Gasteiger partial charge on any atom is -0.465 e. The van der Waals surface area contributed by atoms with Crippen molar-refractivity contribution in [2.45, 2.75) is 63.7 Å². The maximum absolute atomic E-state index is 11.8. The van der Waals surface area contributed by atoms with Gasteiger partial charge < -0.3 is 29.4 Å². The Kier molecular flexibility index (Phi) is 6.70. The first-order chi connectivity index (χ1) is 18.5. The van der Waals surface area contributed by atoms with Crippen molar-refractivity contribution < 1.29 is 14.6 Å². The Hall–Kier alpha value is -3.58. The molecular weight excluding hydrogens is 482 g/mol. The van der Waals surface area contributed by atoms with Gasteiger partial charge in [0.15, 0.2) is 0 Å². The first-order valence-corrected chi connectivity index (χ1v) is 13.7. The summed E-state index contributed by atoms with van der Waals surface area (Å²) in [5, 5.41) is 19.0. The van der Waals surface area contributed by atoms with Crippen molar-refractivity contribution in [1.82, 2.24) is 19.8 Å². The van der Waals surface area contributed by atoms with Crippen LogP contribution >= 0.6 is 0 Å². The Bertz CT molecular complexity index is 1260. The van der Waals surface area contributed by atoms with Crippen molar-refractivity contribution in [3.8, 4) is 12.1 Å². The van der Waals surface area contributed by atoms with Gasteiger partial charge in [0.05, 0.1) is 30.8 Å². The molecule has 2 fully saturated rings. The van der Waals surface area contributed by atoms with Crippen molar-refractivity contribution in [1.29, 1.82) is 5.26 Å². The Morgan fingerprint density at radius 1 is 1.11 bits per heavy atom. The molecule has 200 valence electrons. The van der Waals surface area contributed by atoms with Crippen molar-refractivity contribution in [3.63, 3.8) is 0 Å². The molecule has 1 amide bonds. The number of fused-ring (bicyclic) bond motifs is 2. The van der Waals surface area contributed by atoms with Crippen LogP contribution in [-0.2, 0) is 25.9 Å². The predicted octanol–water partition coefficient (Wildman–Crippen LogP) is 3.04. The summed E-state index contributed by atoms with van der Waals surface area (Å²) in [6.07, 6.45) is 4.88. The van der Waals surface area contributed by atoms with Crippen LogP contribution in [0.5, 0.6) is 6.01 Å². The molecule has 1 N–H and O–H groups in total. The average molecular weight is 518 g/mol. The Morgan fingerprint density at radius 3 is 2.79 bits per heavy atom. The number of benzene rings is 1. The van der Waals surface area contributed by atoms with Crippen molar-refractivity contribution in [3.05, 3.63) is 40.6 Å². The van der Waals surface area contributed by atoms with Gasteiger partial charge in [-0.2, -0.15) is 15.2 Å². The average Bonchev–Trinajstić information content (AvgIpc) is 3.66. The molecule has 0 spiro atoms. The number of aromatic nitrogens is 2. The summed E-state index contributed by atoms with van der Waals surface area (Å²) in [5.74, 6) is 0.813. The highest BCUT2D eigenvalue weighted by Crippen LogP contribution is 2.39. The molecule has 2 unspecified atom stereocenters. The van der Waals surface area contributed by atoms with Gasteiger partial charge in [-0.05, 0) is 62.9 Å². The number of likely N-dealkylation sites (N-methyl/N-ethyl adjacent to an activating group) is 1. The van der Waals surface area contributed by atoms with Crippen LogP contribution in [-0.4, -0.2) is 82.9 Å². The molecule has 3 aliphatic heterocycles. The number of anilines is 2. The van der Waals surface area contributed by atoms with Gasteiger partial charge >= 0.3 is 12.1 Å². The smallest absolute Gasteiger partial charge is 0.407 e. The predicted molar refractivity (Wildman–Crippen MR) is 142 cm³/mol. The zero-order valence-electron chi connectivity index (χ0n) is 22.0. The normalized spacial score (nSPS) is 22.9. The second kappa shape index (κ2) is 10.3. The highest BCUT2D eigenvalue weighted by atomic mass is 16.5. The lowest BCUT2D eigenvalue weighted by molar-refractivity contribution is 0.119. The van der Waals surface area contributed by atoms with E-state index < -0.39 is 12.1 Å². The van der Waals surface area contributed by atoms with Gasteiger partial charge in [0, 0.05) is 43.5 Å². The van der Waals surface area contributed by atoms with E-state index in [-0.39, 0.29) is 6.42 Å². The lowest BCUT2D eigenvalue weighted by Crippen LogP contribution is -2.55. The number of hydrogen-bond donors (Lipinski definition) is 1. The van der Waals surface area contributed by atoms with Crippen LogP contribution in [0, 0.1) is 11.3 Å². The van der Waals surface area contributed by atoms with Gasteiger partial charge in [-0.15, -0.1) is 0 Å². The number of rotatable bonds is 6. The van der Waals surface area contributed by atoms with E-state index in [0.29, 0.717) is 51.4 Å². The second-order valence-electron chi connectivity index (χ2n) is 10.9. The minimum atomic E-state index is -0.980. The van der Waals surface area contributed by atoms with Crippen molar-refractivity contribution in [2.24, 2.45) is 0 Å². The quantitative estimate of drug-likeness (QED) is 0.618. The van der Waals surface area contributed by atoms with E-state index >= 15 is 0 Å². The Labute approximate surface area is 223 Å². The fourth-order valence-electron chi connectivity index (χ4n) is 6.55. The standard InChI is InChI=1S/C28H35N7O3/c1-32-12-4-7-21(32)18-38-27-30-24-17-34(25-9-3-6-19-5-2-8-22(19)25)16-23(24)26(31-27)33-13-14-35(28(36)37)20(15-33)10-11-29/h3,6,9,20-21H,2,4-5,7-8,10,12-18H2,1H3,(H,36,37). The maximum Gasteiger partial charge on any atom is 0.407 e. The number of carboxylic acid groups (broad SMARTS) is 1. The molecule has 0 radical (unpaired) electrons. The van der Waals surface area contributed by atoms with Crippen molar-refractivity contribution in [2.75, 3.05) is 49.6 Å². The van der Waals surface area contributed by atoms with Crippen LogP contribution < -0.4 is 14.5 Å². The summed E-state index contributed by atoms with van der Waals surface area (Å²) >= 11 is 0. The minimum absolute atomic E-state index is 0.149. The molecular formula is C28H35N7O3. The molecule has 2 saturated heterocycles. The van der Waals surface area contributed by atoms with Gasteiger partial charge in [-0.1, -0.05) is 12.1 Å². The van der Waals surface area contributed by atoms with E-state index in [1.165, 1.54) is 34.6 Å². The number of likely N-dealkylation sites (tertiary alicyclic amines) is 1. The number of hydrogen-bond acceptors (Lipinski definition) is 8. The van der Waals surface area contributed by atoms with E-state index in [0.717, 1.165) is 42.9 Å². The molecule has 2 aromatic rings. The number of aryl methyl sites for hydroxylation is 1. The molecule has 1 aliphatic carbocycles. The number of nitriles is 1. The molecule has 0 bridgehead atoms. The molecule has 4 heterocycles. The summed E-state index contributed by atoms with van der Waals surface area (Å²) in [7, 11) is 2.13. The SMILES string of the molecule is CN1CCCC1COc1nc2c(c(N3CCN(C(=O)O)C(CC#N)C3)n1)CN(c1cccc3c1CCC3)C2. The monoisotopic (exact) mass is 517 g/mol. The number of nitrogens with zero attached hydrogens (tertiary/aromatic N) is 7. The third kappa shape index (κ3) is 4.60. The second-order valence-corrected chi connectivity index (χ2v) is 10.9. The third-order valence-corrected chi connectivity index (χ3v) is 8.63. The molecule has 10 nitrogen and oxygen atoms in total. The molecule has 2 atom stereocenters. The third-order valence-electron chi connectivity index (χ3n) is 8.63. The van der Waals surface area contributed by atoms with Gasteiger partial charge in [-0.3, -0.25) is 0 Å². The van der Waals surface area contributed by atoms with E-state index in [4.69, 9.17) is 14.7 Å². The Balaban J connectivity index is 1.31. The first-order valence-electron chi connectivity index (χ1n) is 13.7. The van der Waals surface area contributed by atoms with Crippen molar-refractivity contribution >= 4 is 17.6 Å². The molecule has 1 aromatic carbocycles. The summed E-state index contributed by atoms with van der Waals surface area (Å²) in [4.78, 5) is 29.8. The Morgan fingerprint density at radius 2 is 2.00 bits per heavy atom. The van der Waals surface area contributed by atoms with Gasteiger partial charge in [0.25, 0.3) is 0 Å². The molecule has 4 aliphatic rings. The van der Waals surface area contributed by atoms with Crippen LogP contribution in [0.4, 0.5) is 16.3 Å². The zero-order valence-corrected chi connectivity index (χ0v) is 22.0. The van der Waals surface area contributed by atoms with E-state index in [1.54, 1.807) is 0 Å². The molecule has 6 rings (SSSR count). The number of ether oxygens (including phenoxy) is 1. The van der Waals surface area contributed by atoms with E-state index in [9.17, 15) is 15.2 Å². The first kappa shape index (κ1) is 24.7. The lowest BCUT2D eigenvalue weighted by atomic mass is 10.1. The highest BCUT2D eigenvalue weighted by molar-refractivity contribution is 5.67. The topological polar surface area (TPSA) is 109 Å². The summed E-state index contributed by atoms with van der Waals surface area (Å²) in [6, 6.07) is 9.11. The molecule has 38 heavy (non-hydrogen) atoms. The molecule has 1 aromatic heterocycles. The van der Waals surface area contributed by atoms with Crippen LogP contribution in [0.25, 0.3) is 0 Å². The van der Waals surface area contributed by atoms with Gasteiger partial charge in [0.1, 0.15) is 12.4 Å². The van der Waals surface area contributed by atoms with Crippen LogP contribution in [0.15, 0.2) is 18.2 Å². The fraction of sp³-hybridized carbons (Fsp3) is 0.571. The van der Waals surface area contributed by atoms with Gasteiger partial charge in [-0.25, -0.2) is 4.79 Å². The summed E-state index contributed by atoms with van der Waals surface area (Å²) < 4.78 is 6.20. The largest absolute Gasteiger partial charge is 0.465 e. The maximum atomic E-state index is 11.8. The lowest BCUT2D eigenvalue weighted by Gasteiger charge is -2.40. The number of carbonyl (C=O) groups is 1. The highest BCUT2D eigenvalue weighted by Gasteiger charge is 2.35. The van der Waals surface area contributed by atoms with Crippen LogP contribution in [0.3, 0.4) is 0 Å². The van der Waals surface area contributed by atoms with Crippen LogP contribution in [0.2, 0.25) is 0 Å². The zero-order chi connectivity index (χ0) is 26.2. The molecule has 10 heteroatoms. The van der Waals surface area contributed by atoms with E-state index in [2.05, 4.69) is 46.0 Å². The number of piperazine rings is 1. The van der Waals surface area contributed by atoms with Gasteiger partial charge in [0.2, 0.25) is 0 Å².